The molecule has 0 saturated carbocycles. The highest BCUT2D eigenvalue weighted by molar-refractivity contribution is 5.10. The molecule has 0 unspecified atom stereocenters. The second-order valence-electron chi connectivity index (χ2n) is 5.88. The Hall–Kier alpha value is -1.79. The van der Waals surface area contributed by atoms with Gasteiger partial charge in [0.2, 0.25) is 0 Å². The van der Waals surface area contributed by atoms with E-state index in [4.69, 9.17) is 4.98 Å². The van der Waals surface area contributed by atoms with E-state index >= 15 is 0 Å². The lowest BCUT2D eigenvalue weighted by molar-refractivity contribution is 0.240. The maximum absolute atomic E-state index is 4.80. The lowest BCUT2D eigenvalue weighted by Gasteiger charge is -2.23. The third-order valence-corrected chi connectivity index (χ3v) is 3.82. The second-order valence-corrected chi connectivity index (χ2v) is 5.88. The number of nitrogens with zero attached hydrogens (tertiary/aromatic N) is 5. The van der Waals surface area contributed by atoms with Crippen LogP contribution in [0.4, 0.5) is 0 Å². The van der Waals surface area contributed by atoms with Crippen LogP contribution in [0, 0.1) is 0 Å². The molecule has 6 nitrogen and oxygen atoms in total. The molecule has 0 amide bonds. The first-order valence-corrected chi connectivity index (χ1v) is 7.40. The Morgan fingerprint density at radius 2 is 2.29 bits per heavy atom. The standard InChI is InChI=1S/C15H22N6/c1-20(2)10-13-8-16-9-14(18-13)15-4-3-7-21(15)11-12-5-6-17-19-12/h5-6,8-9,15H,3-4,7,10-11H2,1-2H3,(H,17,19)/t15-/m0/s1. The number of H-pyrrole nitrogens is 1. The topological polar surface area (TPSA) is 60.9 Å². The van der Waals surface area contributed by atoms with Gasteiger partial charge in [-0.05, 0) is 39.5 Å². The van der Waals surface area contributed by atoms with Gasteiger partial charge in [0.25, 0.3) is 0 Å². The van der Waals surface area contributed by atoms with E-state index in [9.17, 15) is 0 Å². The maximum Gasteiger partial charge on any atom is 0.0762 e. The Labute approximate surface area is 125 Å². The molecule has 1 aliphatic rings. The smallest absolute Gasteiger partial charge is 0.0762 e. The van der Waals surface area contributed by atoms with Gasteiger partial charge >= 0.3 is 0 Å². The molecule has 1 N–H and O–H groups in total. The van der Waals surface area contributed by atoms with Crippen molar-refractivity contribution < 1.29 is 0 Å². The van der Waals surface area contributed by atoms with Crippen molar-refractivity contribution in [3.63, 3.8) is 0 Å². The van der Waals surface area contributed by atoms with Crippen molar-refractivity contribution in [3.05, 3.63) is 41.7 Å². The van der Waals surface area contributed by atoms with Crippen LogP contribution in [0.5, 0.6) is 0 Å². The Kier molecular flexibility index (Phi) is 4.26. The van der Waals surface area contributed by atoms with E-state index in [0.717, 1.165) is 43.1 Å². The van der Waals surface area contributed by atoms with E-state index in [0.29, 0.717) is 6.04 Å². The summed E-state index contributed by atoms with van der Waals surface area (Å²) >= 11 is 0. The van der Waals surface area contributed by atoms with Gasteiger partial charge in [0.1, 0.15) is 0 Å². The molecule has 0 aliphatic carbocycles. The molecular weight excluding hydrogens is 264 g/mol. The van der Waals surface area contributed by atoms with E-state index in [1.807, 2.05) is 18.5 Å². The van der Waals surface area contributed by atoms with Gasteiger partial charge in [0.05, 0.1) is 17.4 Å². The summed E-state index contributed by atoms with van der Waals surface area (Å²) in [5, 5.41) is 7.06. The van der Waals surface area contributed by atoms with Gasteiger partial charge in [0, 0.05) is 37.4 Å². The predicted octanol–water partition coefficient (Wildman–Crippen LogP) is 1.60. The Morgan fingerprint density at radius 1 is 1.38 bits per heavy atom. The Balaban J connectivity index is 1.75. The summed E-state index contributed by atoms with van der Waals surface area (Å²) < 4.78 is 0. The second kappa shape index (κ2) is 6.32. The van der Waals surface area contributed by atoms with Crippen molar-refractivity contribution in [2.75, 3.05) is 20.6 Å². The van der Waals surface area contributed by atoms with Crippen molar-refractivity contribution in [3.8, 4) is 0 Å². The fourth-order valence-corrected chi connectivity index (χ4v) is 2.93. The summed E-state index contributed by atoms with van der Waals surface area (Å²) in [4.78, 5) is 13.8. The molecule has 0 aromatic carbocycles. The van der Waals surface area contributed by atoms with Crippen LogP contribution in [-0.2, 0) is 13.1 Å². The number of hydrogen-bond acceptors (Lipinski definition) is 5. The van der Waals surface area contributed by atoms with E-state index in [2.05, 4.69) is 39.1 Å². The summed E-state index contributed by atoms with van der Waals surface area (Å²) in [6.45, 7) is 2.82. The molecule has 21 heavy (non-hydrogen) atoms. The highest BCUT2D eigenvalue weighted by atomic mass is 15.2. The Morgan fingerprint density at radius 3 is 3.05 bits per heavy atom. The van der Waals surface area contributed by atoms with Crippen LogP contribution in [0.3, 0.4) is 0 Å². The van der Waals surface area contributed by atoms with Crippen molar-refractivity contribution in [2.45, 2.75) is 32.0 Å². The summed E-state index contributed by atoms with van der Waals surface area (Å²) in [5.41, 5.74) is 3.27. The molecule has 112 valence electrons. The summed E-state index contributed by atoms with van der Waals surface area (Å²) in [6.07, 6.45) is 7.93. The van der Waals surface area contributed by atoms with Gasteiger partial charge in [-0.25, -0.2) is 0 Å². The SMILES string of the molecule is CN(C)Cc1cncc([C@@H]2CCCN2Cc2ccn[nH]2)n1. The largest absolute Gasteiger partial charge is 0.304 e. The van der Waals surface area contributed by atoms with E-state index < -0.39 is 0 Å². The molecule has 3 rings (SSSR count). The number of nitrogens with one attached hydrogen (secondary N) is 1. The zero-order valence-electron chi connectivity index (χ0n) is 12.7. The first kappa shape index (κ1) is 14.2. The van der Waals surface area contributed by atoms with Crippen LogP contribution in [0.1, 0.15) is 36.0 Å². The minimum absolute atomic E-state index is 0.364. The number of likely N-dealkylation sites (tertiary alicyclic amines) is 1. The molecule has 2 aromatic heterocycles. The summed E-state index contributed by atoms with van der Waals surface area (Å²) in [7, 11) is 4.10. The van der Waals surface area contributed by atoms with Crippen LogP contribution in [0.2, 0.25) is 0 Å². The van der Waals surface area contributed by atoms with Gasteiger partial charge in [-0.3, -0.25) is 20.0 Å². The molecule has 1 fully saturated rings. The molecule has 2 aromatic rings. The molecule has 1 aliphatic heterocycles. The van der Waals surface area contributed by atoms with Crippen molar-refractivity contribution in [1.82, 2.24) is 30.0 Å². The fourth-order valence-electron chi connectivity index (χ4n) is 2.93. The van der Waals surface area contributed by atoms with Crippen LogP contribution in [0.15, 0.2) is 24.7 Å². The highest BCUT2D eigenvalue weighted by Gasteiger charge is 2.27. The predicted molar refractivity (Wildman–Crippen MR) is 80.4 cm³/mol. The fraction of sp³-hybridized carbons (Fsp3) is 0.533. The monoisotopic (exact) mass is 286 g/mol. The van der Waals surface area contributed by atoms with Crippen LogP contribution in [0.25, 0.3) is 0 Å². The highest BCUT2D eigenvalue weighted by Crippen LogP contribution is 2.31. The normalized spacial score (nSPS) is 19.5. The van der Waals surface area contributed by atoms with Crippen LogP contribution >= 0.6 is 0 Å². The Bertz CT molecular complexity index is 565. The van der Waals surface area contributed by atoms with Crippen molar-refractivity contribution in [2.24, 2.45) is 0 Å². The molecule has 6 heteroatoms. The number of aromatic amines is 1. The molecule has 0 radical (unpaired) electrons. The van der Waals surface area contributed by atoms with Crippen molar-refractivity contribution >= 4 is 0 Å². The average Bonchev–Trinajstić information content (AvgIpc) is 3.10. The van der Waals surface area contributed by atoms with Crippen LogP contribution < -0.4 is 0 Å². The van der Waals surface area contributed by atoms with Gasteiger partial charge in [-0.2, -0.15) is 5.10 Å². The molecular formula is C15H22N6. The lowest BCUT2D eigenvalue weighted by atomic mass is 10.1. The van der Waals surface area contributed by atoms with E-state index in [1.165, 1.54) is 6.42 Å². The minimum atomic E-state index is 0.364. The molecule has 1 saturated heterocycles. The first-order chi connectivity index (χ1) is 10.2. The number of rotatable bonds is 5. The molecule has 3 heterocycles. The van der Waals surface area contributed by atoms with Crippen molar-refractivity contribution in [1.29, 1.82) is 0 Å². The molecule has 1 atom stereocenters. The number of aromatic nitrogens is 4. The van der Waals surface area contributed by atoms with Gasteiger partial charge < -0.3 is 4.90 Å². The average molecular weight is 286 g/mol. The van der Waals surface area contributed by atoms with Gasteiger partial charge in [-0.1, -0.05) is 0 Å². The van der Waals surface area contributed by atoms with Crippen LogP contribution in [-0.4, -0.2) is 50.6 Å². The third kappa shape index (κ3) is 3.46. The number of hydrogen-bond donors (Lipinski definition) is 1. The molecule has 0 spiro atoms. The van der Waals surface area contributed by atoms with E-state index in [1.54, 1.807) is 6.20 Å². The quantitative estimate of drug-likeness (QED) is 0.904. The van der Waals surface area contributed by atoms with Gasteiger partial charge in [0.15, 0.2) is 0 Å². The lowest BCUT2D eigenvalue weighted by Crippen LogP contribution is -2.24. The summed E-state index contributed by atoms with van der Waals surface area (Å²) in [5.74, 6) is 0. The van der Waals surface area contributed by atoms with E-state index in [-0.39, 0.29) is 0 Å². The molecule has 0 bridgehead atoms. The zero-order chi connectivity index (χ0) is 14.7. The van der Waals surface area contributed by atoms with Gasteiger partial charge in [-0.15, -0.1) is 0 Å². The third-order valence-electron chi connectivity index (χ3n) is 3.82. The first-order valence-electron chi connectivity index (χ1n) is 7.40. The minimum Gasteiger partial charge on any atom is -0.304 e. The zero-order valence-corrected chi connectivity index (χ0v) is 12.7. The summed E-state index contributed by atoms with van der Waals surface area (Å²) in [6, 6.07) is 2.40. The maximum atomic E-state index is 4.80.